The third kappa shape index (κ3) is 2.76. The maximum absolute atomic E-state index is 12.9. The Balaban J connectivity index is 1.55. The van der Waals surface area contributed by atoms with Gasteiger partial charge in [-0.2, -0.15) is 0 Å². The zero-order valence-electron chi connectivity index (χ0n) is 14.1. The maximum atomic E-state index is 12.9. The lowest BCUT2D eigenvalue weighted by molar-refractivity contribution is -0.131. The lowest BCUT2D eigenvalue weighted by atomic mass is 10.0. The first-order valence-corrected chi connectivity index (χ1v) is 8.56. The number of fused-ring (bicyclic) bond motifs is 2. The van der Waals surface area contributed by atoms with Crippen LogP contribution in [0, 0.1) is 0 Å². The Morgan fingerprint density at radius 2 is 1.84 bits per heavy atom. The first-order valence-electron chi connectivity index (χ1n) is 8.56. The van der Waals surface area contributed by atoms with Crippen LogP contribution in [0.4, 0.5) is 11.4 Å². The number of nitrogens with zero attached hydrogens (tertiary/aromatic N) is 2. The van der Waals surface area contributed by atoms with Crippen LogP contribution in [0.2, 0.25) is 0 Å². The molecule has 0 aliphatic carbocycles. The second-order valence-corrected chi connectivity index (χ2v) is 6.45. The fourth-order valence-electron chi connectivity index (χ4n) is 3.56. The number of para-hydroxylation sites is 3. The van der Waals surface area contributed by atoms with Crippen LogP contribution in [0.3, 0.4) is 0 Å². The molecule has 128 valence electrons. The van der Waals surface area contributed by atoms with E-state index >= 15 is 0 Å². The second-order valence-electron chi connectivity index (χ2n) is 6.45. The topological polar surface area (TPSA) is 49.9 Å². The monoisotopic (exact) mass is 336 g/mol. The summed E-state index contributed by atoms with van der Waals surface area (Å²) in [6.45, 7) is 0.684. The molecule has 0 aromatic heterocycles. The Bertz CT molecular complexity index is 833. The standard InChI is InChI=1S/C20H20N2O3/c1-21-16-10-4-5-11-17(16)25-18(20(21)24)13-19(23)22-12-6-8-14-7-2-3-9-15(14)22/h2-5,7,9-11,18H,6,8,12-13H2,1H3. The first-order chi connectivity index (χ1) is 12.1. The van der Waals surface area contributed by atoms with Crippen LogP contribution in [0.1, 0.15) is 18.4 Å². The van der Waals surface area contributed by atoms with Gasteiger partial charge in [0.25, 0.3) is 5.91 Å². The van der Waals surface area contributed by atoms with E-state index in [1.165, 1.54) is 5.56 Å². The van der Waals surface area contributed by atoms with Gasteiger partial charge in [0.05, 0.1) is 12.1 Å². The van der Waals surface area contributed by atoms with Gasteiger partial charge in [0, 0.05) is 19.3 Å². The van der Waals surface area contributed by atoms with E-state index < -0.39 is 6.10 Å². The van der Waals surface area contributed by atoms with Crippen LogP contribution in [0.5, 0.6) is 5.75 Å². The average molecular weight is 336 g/mol. The number of rotatable bonds is 2. The summed E-state index contributed by atoms with van der Waals surface area (Å²) < 4.78 is 5.83. The molecule has 0 N–H and O–H groups in total. The van der Waals surface area contributed by atoms with Crippen molar-refractivity contribution in [1.29, 1.82) is 0 Å². The number of hydrogen-bond acceptors (Lipinski definition) is 3. The molecule has 5 heteroatoms. The number of ether oxygens (including phenoxy) is 1. The van der Waals surface area contributed by atoms with Crippen LogP contribution >= 0.6 is 0 Å². The molecule has 4 rings (SSSR count). The van der Waals surface area contributed by atoms with Crippen molar-refractivity contribution in [2.45, 2.75) is 25.4 Å². The van der Waals surface area contributed by atoms with Gasteiger partial charge in [-0.05, 0) is 36.6 Å². The smallest absolute Gasteiger partial charge is 0.268 e. The highest BCUT2D eigenvalue weighted by Crippen LogP contribution is 2.34. The molecule has 0 fully saturated rings. The molecule has 2 aromatic carbocycles. The molecule has 2 aliphatic rings. The Morgan fingerprint density at radius 1 is 1.12 bits per heavy atom. The van der Waals surface area contributed by atoms with Crippen LogP contribution in [-0.2, 0) is 16.0 Å². The van der Waals surface area contributed by atoms with Crippen LogP contribution in [0.15, 0.2) is 48.5 Å². The van der Waals surface area contributed by atoms with Gasteiger partial charge in [-0.25, -0.2) is 0 Å². The molecule has 0 saturated carbocycles. The summed E-state index contributed by atoms with van der Waals surface area (Å²) in [5, 5.41) is 0. The predicted octanol–water partition coefficient (Wildman–Crippen LogP) is 2.78. The Hall–Kier alpha value is -2.82. The van der Waals surface area contributed by atoms with Gasteiger partial charge in [0.1, 0.15) is 5.75 Å². The van der Waals surface area contributed by atoms with Gasteiger partial charge in [0.2, 0.25) is 5.91 Å². The zero-order valence-corrected chi connectivity index (χ0v) is 14.1. The first kappa shape index (κ1) is 15.7. The van der Waals surface area contributed by atoms with Crippen molar-refractivity contribution in [1.82, 2.24) is 0 Å². The van der Waals surface area contributed by atoms with Crippen molar-refractivity contribution in [3.05, 3.63) is 54.1 Å². The van der Waals surface area contributed by atoms with E-state index in [2.05, 4.69) is 6.07 Å². The number of aryl methyl sites for hydroxylation is 1. The fourth-order valence-corrected chi connectivity index (χ4v) is 3.56. The van der Waals surface area contributed by atoms with E-state index in [0.29, 0.717) is 12.3 Å². The van der Waals surface area contributed by atoms with Gasteiger partial charge in [-0.3, -0.25) is 9.59 Å². The Kier molecular flexibility index (Phi) is 3.92. The van der Waals surface area contributed by atoms with Gasteiger partial charge in [0.15, 0.2) is 6.10 Å². The predicted molar refractivity (Wildman–Crippen MR) is 96.0 cm³/mol. The van der Waals surface area contributed by atoms with Gasteiger partial charge < -0.3 is 14.5 Å². The van der Waals surface area contributed by atoms with E-state index in [-0.39, 0.29) is 18.2 Å². The number of carbonyl (C=O) groups excluding carboxylic acids is 2. The summed E-state index contributed by atoms with van der Waals surface area (Å²) in [4.78, 5) is 28.8. The molecule has 2 heterocycles. The molecule has 0 bridgehead atoms. The highest BCUT2D eigenvalue weighted by atomic mass is 16.5. The van der Waals surface area contributed by atoms with Crippen molar-refractivity contribution in [2.24, 2.45) is 0 Å². The van der Waals surface area contributed by atoms with Gasteiger partial charge in [-0.1, -0.05) is 30.3 Å². The average Bonchev–Trinajstić information content (AvgIpc) is 2.65. The third-order valence-corrected chi connectivity index (χ3v) is 4.87. The van der Waals surface area contributed by atoms with Gasteiger partial charge in [-0.15, -0.1) is 0 Å². The highest BCUT2D eigenvalue weighted by molar-refractivity contribution is 6.04. The summed E-state index contributed by atoms with van der Waals surface area (Å²) in [7, 11) is 1.72. The summed E-state index contributed by atoms with van der Waals surface area (Å²) >= 11 is 0. The second kappa shape index (κ2) is 6.24. The number of likely N-dealkylation sites (N-methyl/N-ethyl adjacent to an activating group) is 1. The summed E-state index contributed by atoms with van der Waals surface area (Å²) in [5.41, 5.74) is 2.87. The lowest BCUT2D eigenvalue weighted by Crippen LogP contribution is -2.47. The number of anilines is 2. The molecule has 0 radical (unpaired) electrons. The molecule has 2 aromatic rings. The normalized spacial score (nSPS) is 19.1. The van der Waals surface area contributed by atoms with E-state index in [9.17, 15) is 9.59 Å². The minimum absolute atomic E-state index is 0.0475. The fraction of sp³-hybridized carbons (Fsp3) is 0.300. The Labute approximate surface area is 146 Å². The van der Waals surface area contributed by atoms with E-state index in [0.717, 1.165) is 24.2 Å². The van der Waals surface area contributed by atoms with Crippen molar-refractivity contribution >= 4 is 23.2 Å². The number of benzene rings is 2. The van der Waals surface area contributed by atoms with E-state index in [1.807, 2.05) is 42.5 Å². The van der Waals surface area contributed by atoms with Gasteiger partial charge >= 0.3 is 0 Å². The minimum atomic E-state index is -0.776. The third-order valence-electron chi connectivity index (χ3n) is 4.87. The number of amides is 2. The molecule has 5 nitrogen and oxygen atoms in total. The lowest BCUT2D eigenvalue weighted by Gasteiger charge is -2.34. The van der Waals surface area contributed by atoms with Crippen molar-refractivity contribution < 1.29 is 14.3 Å². The van der Waals surface area contributed by atoms with E-state index in [4.69, 9.17) is 4.74 Å². The number of carbonyl (C=O) groups is 2. The van der Waals surface area contributed by atoms with Crippen LogP contribution in [0.25, 0.3) is 0 Å². The van der Waals surface area contributed by atoms with Crippen molar-refractivity contribution in [3.63, 3.8) is 0 Å². The Morgan fingerprint density at radius 3 is 2.68 bits per heavy atom. The van der Waals surface area contributed by atoms with Crippen molar-refractivity contribution in [2.75, 3.05) is 23.4 Å². The van der Waals surface area contributed by atoms with Crippen LogP contribution < -0.4 is 14.5 Å². The molecule has 0 saturated heterocycles. The summed E-state index contributed by atoms with van der Waals surface area (Å²) in [5.74, 6) is 0.386. The van der Waals surface area contributed by atoms with Crippen LogP contribution in [-0.4, -0.2) is 31.5 Å². The molecule has 2 aliphatic heterocycles. The molecule has 0 spiro atoms. The molecule has 2 amide bonds. The molecule has 25 heavy (non-hydrogen) atoms. The maximum Gasteiger partial charge on any atom is 0.268 e. The molecular formula is C20H20N2O3. The highest BCUT2D eigenvalue weighted by Gasteiger charge is 2.35. The molecule has 1 unspecified atom stereocenters. The van der Waals surface area contributed by atoms with E-state index in [1.54, 1.807) is 16.8 Å². The SMILES string of the molecule is CN1C(=O)C(CC(=O)N2CCCc3ccccc32)Oc2ccccc21. The quantitative estimate of drug-likeness (QED) is 0.847. The zero-order chi connectivity index (χ0) is 17.4. The number of hydrogen-bond donors (Lipinski definition) is 0. The summed E-state index contributed by atoms with van der Waals surface area (Å²) in [6, 6.07) is 15.4. The minimum Gasteiger partial charge on any atom is -0.478 e. The molecular weight excluding hydrogens is 316 g/mol. The van der Waals surface area contributed by atoms with Crippen molar-refractivity contribution in [3.8, 4) is 5.75 Å². The summed E-state index contributed by atoms with van der Waals surface area (Å²) in [6.07, 6.45) is 1.19. The molecule has 1 atom stereocenters. The largest absolute Gasteiger partial charge is 0.478 e.